The molecule has 1 aromatic carbocycles. The van der Waals surface area contributed by atoms with Crippen LogP contribution in [-0.4, -0.2) is 11.6 Å². The highest BCUT2D eigenvalue weighted by molar-refractivity contribution is 5.15. The second kappa shape index (κ2) is 6.41. The molecule has 18 heavy (non-hydrogen) atoms. The Bertz CT molecular complexity index is 459. The quantitative estimate of drug-likeness (QED) is 0.821. The van der Waals surface area contributed by atoms with E-state index in [0.29, 0.717) is 6.04 Å². The number of rotatable bonds is 6. The van der Waals surface area contributed by atoms with Gasteiger partial charge in [-0.25, -0.2) is 0 Å². The molecule has 1 heterocycles. The van der Waals surface area contributed by atoms with E-state index in [0.717, 1.165) is 13.0 Å². The molecule has 1 N–H and O–H groups in total. The summed E-state index contributed by atoms with van der Waals surface area (Å²) in [6.07, 6.45) is 6.75. The van der Waals surface area contributed by atoms with Gasteiger partial charge in [0.1, 0.15) is 0 Å². The van der Waals surface area contributed by atoms with Gasteiger partial charge in [-0.1, -0.05) is 30.3 Å². The van der Waals surface area contributed by atoms with Crippen molar-refractivity contribution in [2.24, 2.45) is 0 Å². The maximum atomic E-state index is 3.26. The van der Waals surface area contributed by atoms with Crippen LogP contribution in [0.15, 0.2) is 48.8 Å². The summed E-state index contributed by atoms with van der Waals surface area (Å²) < 4.78 is 2.28. The summed E-state index contributed by atoms with van der Waals surface area (Å²) in [5.74, 6) is 0. The van der Waals surface area contributed by atoms with Crippen molar-refractivity contribution in [3.8, 4) is 0 Å². The fraction of sp³-hybridized carbons (Fsp3) is 0.375. The third-order valence-electron chi connectivity index (χ3n) is 3.43. The van der Waals surface area contributed by atoms with Crippen molar-refractivity contribution in [1.82, 2.24) is 9.88 Å². The topological polar surface area (TPSA) is 17.0 Å². The van der Waals surface area contributed by atoms with Gasteiger partial charge in [-0.15, -0.1) is 0 Å². The number of nitrogens with zero attached hydrogens (tertiary/aromatic N) is 1. The molecule has 96 valence electrons. The highest BCUT2D eigenvalue weighted by Gasteiger charge is 2.03. The molecule has 2 rings (SSSR count). The maximum Gasteiger partial charge on any atom is 0.0304 e. The van der Waals surface area contributed by atoms with Crippen LogP contribution in [0.2, 0.25) is 0 Å². The van der Waals surface area contributed by atoms with Crippen LogP contribution in [0.4, 0.5) is 0 Å². The molecule has 2 nitrogen and oxygen atoms in total. The van der Waals surface area contributed by atoms with Crippen molar-refractivity contribution < 1.29 is 0 Å². The summed E-state index contributed by atoms with van der Waals surface area (Å²) in [5.41, 5.74) is 2.78. The van der Waals surface area contributed by atoms with E-state index in [4.69, 9.17) is 0 Å². The summed E-state index contributed by atoms with van der Waals surface area (Å²) in [6.45, 7) is 3.27. The lowest BCUT2D eigenvalue weighted by atomic mass is 10.1. The monoisotopic (exact) mass is 242 g/mol. The van der Waals surface area contributed by atoms with Crippen LogP contribution in [-0.2, 0) is 13.0 Å². The van der Waals surface area contributed by atoms with Gasteiger partial charge in [0.2, 0.25) is 0 Å². The molecular formula is C16H22N2. The van der Waals surface area contributed by atoms with Crippen molar-refractivity contribution in [2.75, 3.05) is 7.05 Å². The first-order chi connectivity index (χ1) is 8.79. The largest absolute Gasteiger partial charge is 0.354 e. The van der Waals surface area contributed by atoms with Gasteiger partial charge in [-0.3, -0.25) is 0 Å². The van der Waals surface area contributed by atoms with Crippen LogP contribution in [0.5, 0.6) is 0 Å². The van der Waals surface area contributed by atoms with E-state index in [1.54, 1.807) is 0 Å². The molecule has 0 fully saturated rings. The molecule has 1 aromatic heterocycles. The molecule has 0 bridgehead atoms. The minimum Gasteiger partial charge on any atom is -0.354 e. The number of hydrogen-bond acceptors (Lipinski definition) is 1. The van der Waals surface area contributed by atoms with Crippen LogP contribution in [0, 0.1) is 0 Å². The Morgan fingerprint density at radius 1 is 1.17 bits per heavy atom. The van der Waals surface area contributed by atoms with Crippen LogP contribution >= 0.6 is 0 Å². The first-order valence-electron chi connectivity index (χ1n) is 6.66. The molecule has 0 amide bonds. The van der Waals surface area contributed by atoms with E-state index in [-0.39, 0.29) is 0 Å². The van der Waals surface area contributed by atoms with Gasteiger partial charge in [-0.05, 0) is 44.0 Å². The number of aryl methyl sites for hydroxylation is 2. The smallest absolute Gasteiger partial charge is 0.0304 e. The fourth-order valence-corrected chi connectivity index (χ4v) is 2.13. The summed E-state index contributed by atoms with van der Waals surface area (Å²) in [4.78, 5) is 0. The van der Waals surface area contributed by atoms with E-state index in [1.807, 2.05) is 7.05 Å². The Hall–Kier alpha value is -1.54. The molecule has 1 atom stereocenters. The van der Waals surface area contributed by atoms with Crippen molar-refractivity contribution in [2.45, 2.75) is 32.4 Å². The molecule has 0 aliphatic rings. The highest BCUT2D eigenvalue weighted by atomic mass is 14.9. The predicted octanol–water partition coefficient (Wildman–Crippen LogP) is 3.40. The Morgan fingerprint density at radius 2 is 1.94 bits per heavy atom. The first kappa shape index (κ1) is 12.9. The van der Waals surface area contributed by atoms with Crippen LogP contribution < -0.4 is 5.32 Å². The zero-order chi connectivity index (χ0) is 12.8. The molecule has 0 aliphatic heterocycles. The number of hydrogen-bond donors (Lipinski definition) is 1. The van der Waals surface area contributed by atoms with E-state index >= 15 is 0 Å². The predicted molar refractivity (Wildman–Crippen MR) is 76.7 cm³/mol. The fourth-order valence-electron chi connectivity index (χ4n) is 2.13. The van der Waals surface area contributed by atoms with Crippen molar-refractivity contribution >= 4 is 0 Å². The van der Waals surface area contributed by atoms with Crippen LogP contribution in [0.3, 0.4) is 0 Å². The lowest BCUT2D eigenvalue weighted by Gasteiger charge is -2.07. The maximum absolute atomic E-state index is 3.26. The van der Waals surface area contributed by atoms with Gasteiger partial charge in [-0.2, -0.15) is 0 Å². The third-order valence-corrected chi connectivity index (χ3v) is 3.43. The Kier molecular flexibility index (Phi) is 4.59. The zero-order valence-corrected chi connectivity index (χ0v) is 11.3. The zero-order valence-electron chi connectivity index (χ0n) is 11.3. The minimum atomic E-state index is 0.431. The lowest BCUT2D eigenvalue weighted by Crippen LogP contribution is -2.11. The Balaban J connectivity index is 1.82. The standard InChI is InChI=1S/C16H22N2/c1-14(17-2)16-10-12-18(13-16)11-6-9-15-7-4-3-5-8-15/h3-5,7-8,10,12-14,17H,6,9,11H2,1-2H3. The van der Waals surface area contributed by atoms with Crippen molar-refractivity contribution in [1.29, 1.82) is 0 Å². The molecule has 0 aliphatic carbocycles. The van der Waals surface area contributed by atoms with Crippen molar-refractivity contribution in [3.63, 3.8) is 0 Å². The summed E-state index contributed by atoms with van der Waals surface area (Å²) in [5, 5.41) is 3.26. The molecule has 0 spiro atoms. The molecule has 0 radical (unpaired) electrons. The second-order valence-electron chi connectivity index (χ2n) is 4.78. The van der Waals surface area contributed by atoms with E-state index in [2.05, 4.69) is 65.6 Å². The van der Waals surface area contributed by atoms with Crippen LogP contribution in [0.1, 0.15) is 30.5 Å². The lowest BCUT2D eigenvalue weighted by molar-refractivity contribution is 0.627. The molecule has 2 heteroatoms. The number of benzene rings is 1. The van der Waals surface area contributed by atoms with Crippen LogP contribution in [0.25, 0.3) is 0 Å². The van der Waals surface area contributed by atoms with E-state index in [1.165, 1.54) is 17.5 Å². The SMILES string of the molecule is CNC(C)c1ccn(CCCc2ccccc2)c1. The van der Waals surface area contributed by atoms with E-state index < -0.39 is 0 Å². The highest BCUT2D eigenvalue weighted by Crippen LogP contribution is 2.12. The number of aromatic nitrogens is 1. The van der Waals surface area contributed by atoms with Gasteiger partial charge in [0.05, 0.1) is 0 Å². The summed E-state index contributed by atoms with van der Waals surface area (Å²) >= 11 is 0. The number of nitrogens with one attached hydrogen (secondary N) is 1. The van der Waals surface area contributed by atoms with Gasteiger partial charge in [0.25, 0.3) is 0 Å². The first-order valence-corrected chi connectivity index (χ1v) is 6.66. The Labute approximate surface area is 110 Å². The van der Waals surface area contributed by atoms with Gasteiger partial charge < -0.3 is 9.88 Å². The molecule has 1 unspecified atom stereocenters. The van der Waals surface area contributed by atoms with Gasteiger partial charge in [0, 0.05) is 25.0 Å². The minimum absolute atomic E-state index is 0.431. The van der Waals surface area contributed by atoms with Crippen molar-refractivity contribution in [3.05, 3.63) is 59.9 Å². The molecular weight excluding hydrogens is 220 g/mol. The van der Waals surface area contributed by atoms with Gasteiger partial charge in [0.15, 0.2) is 0 Å². The molecule has 0 saturated heterocycles. The average molecular weight is 242 g/mol. The van der Waals surface area contributed by atoms with Gasteiger partial charge >= 0.3 is 0 Å². The van der Waals surface area contributed by atoms with E-state index in [9.17, 15) is 0 Å². The average Bonchev–Trinajstić information content (AvgIpc) is 2.88. The summed E-state index contributed by atoms with van der Waals surface area (Å²) in [7, 11) is 2.00. The Morgan fingerprint density at radius 3 is 2.67 bits per heavy atom. The second-order valence-corrected chi connectivity index (χ2v) is 4.78. The third kappa shape index (κ3) is 3.47. The molecule has 0 saturated carbocycles. The summed E-state index contributed by atoms with van der Waals surface area (Å²) in [6, 6.07) is 13.3. The normalized spacial score (nSPS) is 12.6. The molecule has 2 aromatic rings.